The molecule has 1 aliphatic heterocycles. The molecule has 3 heteroatoms. The van der Waals surface area contributed by atoms with E-state index in [2.05, 4.69) is 4.90 Å². The van der Waals surface area contributed by atoms with Crippen LogP contribution in [-0.2, 0) is 4.79 Å². The van der Waals surface area contributed by atoms with Gasteiger partial charge in [-0.3, -0.25) is 4.79 Å². The Morgan fingerprint density at radius 2 is 2.21 bits per heavy atom. The summed E-state index contributed by atoms with van der Waals surface area (Å²) in [6.45, 7) is 3.32. The first-order valence-electron chi connectivity index (χ1n) is 4.69. The molecule has 1 aliphatic rings. The van der Waals surface area contributed by atoms with Gasteiger partial charge in [0.05, 0.1) is 6.54 Å². The lowest BCUT2D eigenvalue weighted by atomic mass is 10.2. The summed E-state index contributed by atoms with van der Waals surface area (Å²) in [5.41, 5.74) is 2.12. The lowest BCUT2D eigenvalue weighted by Gasteiger charge is -2.17. The molecular formula is C11H12ClNO. The molecule has 0 radical (unpaired) electrons. The number of carbonyl (C=O) groups is 1. The molecule has 14 heavy (non-hydrogen) atoms. The minimum atomic E-state index is 0.307. The molecule has 1 aromatic rings. The molecule has 0 amide bonds. The molecular weight excluding hydrogens is 198 g/mol. The van der Waals surface area contributed by atoms with Crippen molar-refractivity contribution in [1.29, 1.82) is 0 Å². The third kappa shape index (κ3) is 1.75. The second kappa shape index (κ2) is 3.62. The molecule has 0 saturated carbocycles. The van der Waals surface area contributed by atoms with Crippen molar-refractivity contribution >= 4 is 23.1 Å². The fourth-order valence-corrected chi connectivity index (χ4v) is 1.80. The molecule has 2 rings (SSSR count). The standard InChI is InChI=1S/C11H12ClNO/c1-8-2-3-9(6-11(8)12)13-5-4-10(14)7-13/h2-3,6H,4-5,7H2,1H3. The number of rotatable bonds is 1. The molecule has 1 saturated heterocycles. The summed E-state index contributed by atoms with van der Waals surface area (Å²) in [4.78, 5) is 13.2. The Morgan fingerprint density at radius 3 is 2.79 bits per heavy atom. The number of halogens is 1. The van der Waals surface area contributed by atoms with E-state index in [1.807, 2.05) is 25.1 Å². The van der Waals surface area contributed by atoms with E-state index in [0.717, 1.165) is 22.8 Å². The Kier molecular flexibility index (Phi) is 2.46. The molecule has 0 bridgehead atoms. The lowest BCUT2D eigenvalue weighted by molar-refractivity contribution is -0.116. The molecule has 2 nitrogen and oxygen atoms in total. The van der Waals surface area contributed by atoms with Gasteiger partial charge in [0.1, 0.15) is 0 Å². The lowest BCUT2D eigenvalue weighted by Crippen LogP contribution is -2.19. The van der Waals surface area contributed by atoms with Crippen molar-refractivity contribution in [3.63, 3.8) is 0 Å². The van der Waals surface area contributed by atoms with Crippen molar-refractivity contribution in [2.75, 3.05) is 18.0 Å². The number of carbonyl (C=O) groups excluding carboxylic acids is 1. The van der Waals surface area contributed by atoms with Gasteiger partial charge in [-0.1, -0.05) is 17.7 Å². The van der Waals surface area contributed by atoms with Crippen LogP contribution in [0.5, 0.6) is 0 Å². The van der Waals surface area contributed by atoms with Gasteiger partial charge in [-0.15, -0.1) is 0 Å². The second-order valence-corrected chi connectivity index (χ2v) is 4.05. The highest BCUT2D eigenvalue weighted by atomic mass is 35.5. The number of hydrogen-bond donors (Lipinski definition) is 0. The van der Waals surface area contributed by atoms with Crippen LogP contribution in [0.4, 0.5) is 5.69 Å². The number of ketones is 1. The topological polar surface area (TPSA) is 20.3 Å². The number of nitrogens with zero attached hydrogens (tertiary/aromatic N) is 1. The van der Waals surface area contributed by atoms with Crippen LogP contribution >= 0.6 is 11.6 Å². The van der Waals surface area contributed by atoms with Gasteiger partial charge in [0.2, 0.25) is 0 Å². The first-order valence-corrected chi connectivity index (χ1v) is 5.07. The van der Waals surface area contributed by atoms with Crippen molar-refractivity contribution in [1.82, 2.24) is 0 Å². The van der Waals surface area contributed by atoms with Gasteiger partial charge >= 0.3 is 0 Å². The summed E-state index contributed by atoms with van der Waals surface area (Å²) in [5.74, 6) is 0.307. The summed E-state index contributed by atoms with van der Waals surface area (Å²) >= 11 is 6.02. The molecule has 0 aromatic heterocycles. The molecule has 1 aromatic carbocycles. The van der Waals surface area contributed by atoms with Crippen molar-refractivity contribution in [2.24, 2.45) is 0 Å². The summed E-state index contributed by atoms with van der Waals surface area (Å²) in [6.07, 6.45) is 0.658. The van der Waals surface area contributed by atoms with Crippen LogP contribution in [0.1, 0.15) is 12.0 Å². The van der Waals surface area contributed by atoms with Crippen LogP contribution in [0.3, 0.4) is 0 Å². The third-order valence-corrected chi connectivity index (χ3v) is 2.96. The maximum Gasteiger partial charge on any atom is 0.153 e. The average molecular weight is 210 g/mol. The Labute approximate surface area is 88.5 Å². The number of Topliss-reactive ketones (excluding diaryl/α,β-unsaturated/α-hetero) is 1. The van der Waals surface area contributed by atoms with E-state index < -0.39 is 0 Å². The fraction of sp³-hybridized carbons (Fsp3) is 0.364. The first kappa shape index (κ1) is 9.53. The van der Waals surface area contributed by atoms with Crippen molar-refractivity contribution in [3.05, 3.63) is 28.8 Å². The van der Waals surface area contributed by atoms with E-state index in [1.54, 1.807) is 0 Å². The Balaban J connectivity index is 2.24. The summed E-state index contributed by atoms with van der Waals surface area (Å²) in [7, 11) is 0. The Hall–Kier alpha value is -1.02. The average Bonchev–Trinajstić information content (AvgIpc) is 2.57. The molecule has 0 spiro atoms. The Morgan fingerprint density at radius 1 is 1.43 bits per heavy atom. The molecule has 0 N–H and O–H groups in total. The highest BCUT2D eigenvalue weighted by Crippen LogP contribution is 2.24. The predicted octanol–water partition coefficient (Wildman–Crippen LogP) is 2.43. The smallest absolute Gasteiger partial charge is 0.153 e. The molecule has 1 heterocycles. The zero-order valence-corrected chi connectivity index (χ0v) is 8.84. The monoisotopic (exact) mass is 209 g/mol. The molecule has 1 fully saturated rings. The zero-order chi connectivity index (χ0) is 10.1. The number of hydrogen-bond acceptors (Lipinski definition) is 2. The van der Waals surface area contributed by atoms with Gasteiger partial charge in [0.25, 0.3) is 0 Å². The van der Waals surface area contributed by atoms with Crippen LogP contribution in [0.2, 0.25) is 5.02 Å². The van der Waals surface area contributed by atoms with Gasteiger partial charge in [0.15, 0.2) is 5.78 Å². The number of anilines is 1. The van der Waals surface area contributed by atoms with Crippen LogP contribution in [0.25, 0.3) is 0 Å². The van der Waals surface area contributed by atoms with Crippen LogP contribution in [0, 0.1) is 6.92 Å². The van der Waals surface area contributed by atoms with E-state index in [1.165, 1.54) is 0 Å². The van der Waals surface area contributed by atoms with Gasteiger partial charge in [0, 0.05) is 23.7 Å². The fourth-order valence-electron chi connectivity index (χ4n) is 1.63. The van der Waals surface area contributed by atoms with Gasteiger partial charge < -0.3 is 4.90 Å². The van der Waals surface area contributed by atoms with Crippen molar-refractivity contribution in [3.8, 4) is 0 Å². The zero-order valence-electron chi connectivity index (χ0n) is 8.09. The summed E-state index contributed by atoms with van der Waals surface area (Å²) < 4.78 is 0. The molecule has 74 valence electrons. The second-order valence-electron chi connectivity index (χ2n) is 3.64. The highest BCUT2D eigenvalue weighted by Gasteiger charge is 2.19. The number of benzene rings is 1. The highest BCUT2D eigenvalue weighted by molar-refractivity contribution is 6.31. The maximum absolute atomic E-state index is 11.1. The van der Waals surface area contributed by atoms with Crippen LogP contribution in [-0.4, -0.2) is 18.9 Å². The molecule has 0 atom stereocenters. The SMILES string of the molecule is Cc1ccc(N2CCC(=O)C2)cc1Cl. The largest absolute Gasteiger partial charge is 0.364 e. The van der Waals surface area contributed by atoms with E-state index in [4.69, 9.17) is 11.6 Å². The van der Waals surface area contributed by atoms with E-state index in [9.17, 15) is 4.79 Å². The summed E-state index contributed by atoms with van der Waals surface area (Å²) in [5, 5.41) is 0.766. The van der Waals surface area contributed by atoms with Gasteiger partial charge in [-0.2, -0.15) is 0 Å². The minimum Gasteiger partial charge on any atom is -0.364 e. The normalized spacial score (nSPS) is 16.4. The number of aryl methyl sites for hydroxylation is 1. The van der Waals surface area contributed by atoms with Crippen molar-refractivity contribution in [2.45, 2.75) is 13.3 Å². The quantitative estimate of drug-likeness (QED) is 0.708. The predicted molar refractivity (Wildman–Crippen MR) is 58.0 cm³/mol. The molecule has 0 aliphatic carbocycles. The van der Waals surface area contributed by atoms with E-state index in [-0.39, 0.29) is 0 Å². The third-order valence-electron chi connectivity index (χ3n) is 2.55. The molecule has 0 unspecified atom stereocenters. The van der Waals surface area contributed by atoms with Gasteiger partial charge in [-0.25, -0.2) is 0 Å². The maximum atomic E-state index is 11.1. The summed E-state index contributed by atoms with van der Waals surface area (Å²) in [6, 6.07) is 5.93. The van der Waals surface area contributed by atoms with E-state index in [0.29, 0.717) is 18.7 Å². The van der Waals surface area contributed by atoms with Crippen LogP contribution < -0.4 is 4.90 Å². The minimum absolute atomic E-state index is 0.307. The Bertz CT molecular complexity index is 376. The van der Waals surface area contributed by atoms with Crippen LogP contribution in [0.15, 0.2) is 18.2 Å². The van der Waals surface area contributed by atoms with Crippen molar-refractivity contribution < 1.29 is 4.79 Å². The first-order chi connectivity index (χ1) is 6.66. The van der Waals surface area contributed by atoms with Gasteiger partial charge in [-0.05, 0) is 24.6 Å². The van der Waals surface area contributed by atoms with E-state index >= 15 is 0 Å².